The second-order valence-electron chi connectivity index (χ2n) is 6.58. The summed E-state index contributed by atoms with van der Waals surface area (Å²) in [6, 6.07) is 10.5. The van der Waals surface area contributed by atoms with Crippen molar-refractivity contribution >= 4 is 11.6 Å². The van der Waals surface area contributed by atoms with E-state index in [2.05, 4.69) is 15.1 Å². The first kappa shape index (κ1) is 18.5. The molecular weight excluding hydrogens is 333 g/mol. The van der Waals surface area contributed by atoms with Crippen LogP contribution in [-0.4, -0.2) is 43.5 Å². The minimum Gasteiger partial charge on any atom is -0.468 e. The minimum absolute atomic E-state index is 0.0289. The molecule has 0 radical (unpaired) electrons. The maximum Gasteiger partial charge on any atom is 0.220 e. The molecule has 1 aromatic carbocycles. The summed E-state index contributed by atoms with van der Waals surface area (Å²) in [7, 11) is 0. The van der Waals surface area contributed by atoms with E-state index in [9.17, 15) is 9.18 Å². The number of nitrogens with zero attached hydrogens (tertiary/aromatic N) is 2. The molecule has 0 spiro atoms. The molecule has 140 valence electrons. The van der Waals surface area contributed by atoms with Gasteiger partial charge in [-0.1, -0.05) is 6.92 Å². The van der Waals surface area contributed by atoms with Crippen LogP contribution in [0.4, 0.5) is 10.1 Å². The van der Waals surface area contributed by atoms with Crippen molar-refractivity contribution in [2.24, 2.45) is 0 Å². The smallest absolute Gasteiger partial charge is 0.220 e. The third-order valence-corrected chi connectivity index (χ3v) is 4.79. The Morgan fingerprint density at radius 2 is 1.92 bits per heavy atom. The Labute approximate surface area is 153 Å². The number of rotatable bonds is 7. The summed E-state index contributed by atoms with van der Waals surface area (Å²) in [4.78, 5) is 16.5. The van der Waals surface area contributed by atoms with Crippen molar-refractivity contribution < 1.29 is 13.6 Å². The Morgan fingerprint density at radius 3 is 2.54 bits per heavy atom. The summed E-state index contributed by atoms with van der Waals surface area (Å²) in [5.41, 5.74) is 1.04. The molecule has 2 heterocycles. The maximum atomic E-state index is 13.1. The quantitative estimate of drug-likeness (QED) is 0.825. The van der Waals surface area contributed by atoms with E-state index in [1.807, 2.05) is 31.2 Å². The topological polar surface area (TPSA) is 48.7 Å². The predicted octanol–water partition coefficient (Wildman–Crippen LogP) is 3.20. The second-order valence-corrected chi connectivity index (χ2v) is 6.58. The van der Waals surface area contributed by atoms with Crippen molar-refractivity contribution in [3.8, 4) is 0 Å². The van der Waals surface area contributed by atoms with Crippen molar-refractivity contribution in [2.75, 3.05) is 37.6 Å². The minimum atomic E-state index is -0.215. The Kier molecular flexibility index (Phi) is 6.28. The first-order valence-corrected chi connectivity index (χ1v) is 9.22. The van der Waals surface area contributed by atoms with Gasteiger partial charge in [0.25, 0.3) is 0 Å². The number of hydrogen-bond donors (Lipinski definition) is 1. The van der Waals surface area contributed by atoms with E-state index in [1.54, 1.807) is 6.26 Å². The largest absolute Gasteiger partial charge is 0.468 e. The van der Waals surface area contributed by atoms with Gasteiger partial charge in [-0.25, -0.2) is 4.39 Å². The Balaban J connectivity index is 1.61. The first-order chi connectivity index (χ1) is 12.7. The fourth-order valence-electron chi connectivity index (χ4n) is 3.36. The highest BCUT2D eigenvalue weighted by Gasteiger charge is 2.27. The molecule has 0 saturated carbocycles. The fraction of sp³-hybridized carbons (Fsp3) is 0.450. The van der Waals surface area contributed by atoms with E-state index in [0.717, 1.165) is 44.0 Å². The van der Waals surface area contributed by atoms with Crippen molar-refractivity contribution in [3.05, 3.63) is 54.2 Å². The Bertz CT molecular complexity index is 680. The van der Waals surface area contributed by atoms with Gasteiger partial charge in [-0.2, -0.15) is 0 Å². The molecule has 1 amide bonds. The van der Waals surface area contributed by atoms with Crippen LogP contribution in [0, 0.1) is 5.82 Å². The van der Waals surface area contributed by atoms with Gasteiger partial charge in [0.05, 0.1) is 12.3 Å². The van der Waals surface area contributed by atoms with Crippen molar-refractivity contribution in [2.45, 2.75) is 25.8 Å². The van der Waals surface area contributed by atoms with Crippen LogP contribution in [0.25, 0.3) is 0 Å². The van der Waals surface area contributed by atoms with Gasteiger partial charge in [0.1, 0.15) is 11.6 Å². The number of amides is 1. The van der Waals surface area contributed by atoms with Gasteiger partial charge in [0, 0.05) is 44.8 Å². The van der Waals surface area contributed by atoms with Crippen molar-refractivity contribution in [1.29, 1.82) is 0 Å². The molecule has 6 heteroatoms. The molecule has 1 aliphatic heterocycles. The highest BCUT2D eigenvalue weighted by molar-refractivity contribution is 5.75. The van der Waals surface area contributed by atoms with E-state index >= 15 is 0 Å². The maximum absolute atomic E-state index is 13.1. The number of hydrogen-bond acceptors (Lipinski definition) is 4. The van der Waals surface area contributed by atoms with Gasteiger partial charge < -0.3 is 14.6 Å². The number of piperazine rings is 1. The molecule has 3 rings (SSSR count). The van der Waals surface area contributed by atoms with Crippen molar-refractivity contribution in [1.82, 2.24) is 10.2 Å². The number of carbonyl (C=O) groups excluding carboxylic acids is 1. The zero-order valence-electron chi connectivity index (χ0n) is 15.2. The summed E-state index contributed by atoms with van der Waals surface area (Å²) in [6.07, 6.45) is 3.06. The zero-order chi connectivity index (χ0) is 18.4. The molecule has 1 aliphatic rings. The lowest BCUT2D eigenvalue weighted by Gasteiger charge is -2.39. The lowest BCUT2D eigenvalue weighted by atomic mass is 10.1. The Hall–Kier alpha value is -2.34. The van der Waals surface area contributed by atoms with Crippen molar-refractivity contribution in [3.63, 3.8) is 0 Å². The molecule has 5 nitrogen and oxygen atoms in total. The normalized spacial score (nSPS) is 16.5. The van der Waals surface area contributed by atoms with Crippen LogP contribution < -0.4 is 10.2 Å². The van der Waals surface area contributed by atoms with Gasteiger partial charge in [0.15, 0.2) is 0 Å². The monoisotopic (exact) mass is 359 g/mol. The standard InChI is InChI=1S/C20H26FN3O2/c1-2-4-20(25)22-15-18(19-5-3-14-26-19)24-12-10-23(11-13-24)17-8-6-16(21)7-9-17/h3,5-9,14,18H,2,4,10-13,15H2,1H3,(H,22,25). The second kappa shape index (κ2) is 8.85. The zero-order valence-corrected chi connectivity index (χ0v) is 15.2. The van der Waals surface area contributed by atoms with Crippen LogP contribution in [0.1, 0.15) is 31.6 Å². The number of nitrogens with one attached hydrogen (secondary N) is 1. The van der Waals surface area contributed by atoms with Gasteiger partial charge in [-0.3, -0.25) is 9.69 Å². The molecule has 1 N–H and O–H groups in total. The fourth-order valence-corrected chi connectivity index (χ4v) is 3.36. The van der Waals surface area contributed by atoms with Gasteiger partial charge in [0.2, 0.25) is 5.91 Å². The van der Waals surface area contributed by atoms with E-state index in [-0.39, 0.29) is 17.8 Å². The summed E-state index contributed by atoms with van der Waals surface area (Å²) < 4.78 is 18.7. The number of carbonyl (C=O) groups is 1. The van der Waals surface area contributed by atoms with E-state index in [4.69, 9.17) is 4.42 Å². The van der Waals surface area contributed by atoms with E-state index < -0.39 is 0 Å². The third-order valence-electron chi connectivity index (χ3n) is 4.79. The van der Waals surface area contributed by atoms with Gasteiger partial charge in [-0.05, 0) is 42.8 Å². The molecule has 0 aliphatic carbocycles. The Morgan fingerprint density at radius 1 is 1.19 bits per heavy atom. The SMILES string of the molecule is CCCC(=O)NCC(c1ccco1)N1CCN(c2ccc(F)cc2)CC1. The number of halogens is 1. The van der Waals surface area contributed by atoms with E-state index in [1.165, 1.54) is 12.1 Å². The van der Waals surface area contributed by atoms with Crippen LogP contribution in [0.15, 0.2) is 47.1 Å². The van der Waals surface area contributed by atoms with Crippen LogP contribution in [0.3, 0.4) is 0 Å². The summed E-state index contributed by atoms with van der Waals surface area (Å²) in [5.74, 6) is 0.735. The lowest BCUT2D eigenvalue weighted by Crippen LogP contribution is -2.49. The van der Waals surface area contributed by atoms with E-state index in [0.29, 0.717) is 13.0 Å². The molecule has 1 saturated heterocycles. The average Bonchev–Trinajstić information content (AvgIpc) is 3.18. The van der Waals surface area contributed by atoms with Crippen LogP contribution in [0.5, 0.6) is 0 Å². The summed E-state index contributed by atoms with van der Waals surface area (Å²) in [6.45, 7) is 5.96. The van der Waals surface area contributed by atoms with Crippen LogP contribution in [-0.2, 0) is 4.79 Å². The number of benzene rings is 1. The lowest BCUT2D eigenvalue weighted by molar-refractivity contribution is -0.121. The first-order valence-electron chi connectivity index (χ1n) is 9.22. The van der Waals surface area contributed by atoms with Crippen LogP contribution >= 0.6 is 0 Å². The molecule has 1 unspecified atom stereocenters. The molecule has 1 aromatic heterocycles. The average molecular weight is 359 g/mol. The molecule has 2 aromatic rings. The van der Waals surface area contributed by atoms with Gasteiger partial charge in [-0.15, -0.1) is 0 Å². The molecular formula is C20H26FN3O2. The number of furan rings is 1. The molecule has 1 atom stereocenters. The highest BCUT2D eigenvalue weighted by atomic mass is 19.1. The van der Waals surface area contributed by atoms with Crippen LogP contribution in [0.2, 0.25) is 0 Å². The van der Waals surface area contributed by atoms with Gasteiger partial charge >= 0.3 is 0 Å². The third kappa shape index (κ3) is 4.64. The summed E-state index contributed by atoms with van der Waals surface area (Å²) >= 11 is 0. The summed E-state index contributed by atoms with van der Waals surface area (Å²) in [5, 5.41) is 3.02. The highest BCUT2D eigenvalue weighted by Crippen LogP contribution is 2.24. The number of anilines is 1. The predicted molar refractivity (Wildman–Crippen MR) is 99.6 cm³/mol. The molecule has 0 bridgehead atoms. The molecule has 1 fully saturated rings. The molecule has 26 heavy (non-hydrogen) atoms.